The molecule has 1 rings (SSSR count). The molecule has 0 saturated carbocycles. The Morgan fingerprint density at radius 2 is 1.93 bits per heavy atom. The first-order valence-electron chi connectivity index (χ1n) is 6.27. The van der Waals surface area contributed by atoms with E-state index in [1.54, 1.807) is 0 Å². The maximum absolute atomic E-state index is 5.32. The van der Waals surface area contributed by atoms with E-state index in [2.05, 4.69) is 31.0 Å². The van der Waals surface area contributed by atoms with Gasteiger partial charge in [-0.15, -0.1) is 0 Å². The summed E-state index contributed by atoms with van der Waals surface area (Å²) in [6, 6.07) is 0.635. The molecular formula is C12H26N2O. The van der Waals surface area contributed by atoms with Crippen LogP contribution < -0.4 is 5.32 Å². The summed E-state index contributed by atoms with van der Waals surface area (Å²) in [4.78, 5) is 2.47. The fourth-order valence-corrected chi connectivity index (χ4v) is 1.83. The lowest BCUT2D eigenvalue weighted by Gasteiger charge is -2.28. The van der Waals surface area contributed by atoms with E-state index in [1.165, 1.54) is 6.42 Å². The van der Waals surface area contributed by atoms with Crippen molar-refractivity contribution in [2.45, 2.75) is 33.2 Å². The Labute approximate surface area is 94.2 Å². The second-order valence-corrected chi connectivity index (χ2v) is 4.58. The molecule has 0 spiro atoms. The maximum atomic E-state index is 5.32. The lowest BCUT2D eigenvalue weighted by atomic mass is 10.0. The maximum Gasteiger partial charge on any atom is 0.0594 e. The largest absolute Gasteiger partial charge is 0.379 e. The molecule has 3 nitrogen and oxygen atoms in total. The van der Waals surface area contributed by atoms with Gasteiger partial charge in [-0.05, 0) is 12.8 Å². The molecule has 1 N–H and O–H groups in total. The van der Waals surface area contributed by atoms with Gasteiger partial charge in [0.15, 0.2) is 0 Å². The van der Waals surface area contributed by atoms with E-state index in [-0.39, 0.29) is 0 Å². The average molecular weight is 214 g/mol. The van der Waals surface area contributed by atoms with Crippen molar-refractivity contribution in [2.24, 2.45) is 5.92 Å². The molecule has 0 aromatic rings. The number of hydrogen-bond donors (Lipinski definition) is 1. The SMILES string of the molecule is CCC(C)C(C)NCCN1CCOCC1. The van der Waals surface area contributed by atoms with E-state index < -0.39 is 0 Å². The highest BCUT2D eigenvalue weighted by molar-refractivity contribution is 4.69. The molecular weight excluding hydrogens is 188 g/mol. The van der Waals surface area contributed by atoms with Gasteiger partial charge in [-0.2, -0.15) is 0 Å². The predicted octanol–water partition coefficient (Wildman–Crippen LogP) is 1.34. The van der Waals surface area contributed by atoms with Crippen LogP contribution in [-0.4, -0.2) is 50.3 Å². The molecule has 0 amide bonds. The van der Waals surface area contributed by atoms with Gasteiger partial charge in [0.05, 0.1) is 13.2 Å². The van der Waals surface area contributed by atoms with Gasteiger partial charge in [0.25, 0.3) is 0 Å². The molecule has 0 radical (unpaired) electrons. The molecule has 15 heavy (non-hydrogen) atoms. The summed E-state index contributed by atoms with van der Waals surface area (Å²) in [6.07, 6.45) is 1.26. The second-order valence-electron chi connectivity index (χ2n) is 4.58. The number of ether oxygens (including phenoxy) is 1. The van der Waals surface area contributed by atoms with Crippen LogP contribution >= 0.6 is 0 Å². The molecule has 90 valence electrons. The summed E-state index contributed by atoms with van der Waals surface area (Å²) in [5.74, 6) is 0.773. The number of hydrogen-bond acceptors (Lipinski definition) is 3. The van der Waals surface area contributed by atoms with Crippen LogP contribution in [0.15, 0.2) is 0 Å². The third-order valence-electron chi connectivity index (χ3n) is 3.50. The van der Waals surface area contributed by atoms with Gasteiger partial charge in [-0.1, -0.05) is 20.3 Å². The summed E-state index contributed by atoms with van der Waals surface area (Å²) in [5, 5.41) is 3.60. The minimum Gasteiger partial charge on any atom is -0.379 e. The molecule has 2 unspecified atom stereocenters. The normalized spacial score (nSPS) is 22.6. The summed E-state index contributed by atoms with van der Waals surface area (Å²) in [6.45, 7) is 13.1. The zero-order valence-corrected chi connectivity index (χ0v) is 10.5. The fraction of sp³-hybridized carbons (Fsp3) is 1.00. The van der Waals surface area contributed by atoms with E-state index in [0.29, 0.717) is 6.04 Å². The van der Waals surface area contributed by atoms with Crippen molar-refractivity contribution in [3.63, 3.8) is 0 Å². The zero-order chi connectivity index (χ0) is 11.1. The Morgan fingerprint density at radius 3 is 2.53 bits per heavy atom. The molecule has 1 fully saturated rings. The van der Waals surface area contributed by atoms with Crippen LogP contribution in [0, 0.1) is 5.92 Å². The highest BCUT2D eigenvalue weighted by Gasteiger charge is 2.12. The Bertz CT molecular complexity index is 156. The summed E-state index contributed by atoms with van der Waals surface area (Å²) >= 11 is 0. The van der Waals surface area contributed by atoms with Crippen molar-refractivity contribution in [2.75, 3.05) is 39.4 Å². The molecule has 0 bridgehead atoms. The third kappa shape index (κ3) is 4.96. The monoisotopic (exact) mass is 214 g/mol. The third-order valence-corrected chi connectivity index (χ3v) is 3.50. The minimum atomic E-state index is 0.635. The number of nitrogens with zero attached hydrogens (tertiary/aromatic N) is 1. The van der Waals surface area contributed by atoms with Gasteiger partial charge in [0.2, 0.25) is 0 Å². The van der Waals surface area contributed by atoms with Crippen LogP contribution in [0.3, 0.4) is 0 Å². The first kappa shape index (κ1) is 12.9. The van der Waals surface area contributed by atoms with Crippen LogP contribution in [0.25, 0.3) is 0 Å². The Hall–Kier alpha value is -0.120. The topological polar surface area (TPSA) is 24.5 Å². The van der Waals surface area contributed by atoms with Gasteiger partial charge in [0, 0.05) is 32.2 Å². The molecule has 0 aliphatic carbocycles. The van der Waals surface area contributed by atoms with E-state index in [9.17, 15) is 0 Å². The van der Waals surface area contributed by atoms with Gasteiger partial charge in [0.1, 0.15) is 0 Å². The highest BCUT2D eigenvalue weighted by atomic mass is 16.5. The first-order valence-corrected chi connectivity index (χ1v) is 6.27. The van der Waals surface area contributed by atoms with Crippen molar-refractivity contribution in [1.82, 2.24) is 10.2 Å². The van der Waals surface area contributed by atoms with E-state index >= 15 is 0 Å². The number of morpholine rings is 1. The van der Waals surface area contributed by atoms with Crippen molar-refractivity contribution >= 4 is 0 Å². The molecule has 1 aliphatic rings. The van der Waals surface area contributed by atoms with Crippen molar-refractivity contribution in [3.05, 3.63) is 0 Å². The zero-order valence-electron chi connectivity index (χ0n) is 10.5. The Kier molecular flexibility index (Phi) is 6.22. The molecule has 2 atom stereocenters. The van der Waals surface area contributed by atoms with Crippen LogP contribution in [0.5, 0.6) is 0 Å². The number of rotatable bonds is 6. The van der Waals surface area contributed by atoms with Crippen LogP contribution in [0.4, 0.5) is 0 Å². The van der Waals surface area contributed by atoms with Crippen molar-refractivity contribution in [3.8, 4) is 0 Å². The van der Waals surface area contributed by atoms with Gasteiger partial charge >= 0.3 is 0 Å². The molecule has 3 heteroatoms. The fourth-order valence-electron chi connectivity index (χ4n) is 1.83. The standard InChI is InChI=1S/C12H26N2O/c1-4-11(2)12(3)13-5-6-14-7-9-15-10-8-14/h11-13H,4-10H2,1-3H3. The van der Waals surface area contributed by atoms with Gasteiger partial charge in [-0.25, -0.2) is 0 Å². The van der Waals surface area contributed by atoms with Crippen LogP contribution in [-0.2, 0) is 4.74 Å². The summed E-state index contributed by atoms with van der Waals surface area (Å²) < 4.78 is 5.32. The first-order chi connectivity index (χ1) is 7.24. The summed E-state index contributed by atoms with van der Waals surface area (Å²) in [5.41, 5.74) is 0. The molecule has 1 aliphatic heterocycles. The quantitative estimate of drug-likeness (QED) is 0.722. The Morgan fingerprint density at radius 1 is 1.27 bits per heavy atom. The van der Waals surface area contributed by atoms with Gasteiger partial charge < -0.3 is 10.1 Å². The van der Waals surface area contributed by atoms with E-state index in [0.717, 1.165) is 45.3 Å². The van der Waals surface area contributed by atoms with Crippen molar-refractivity contribution in [1.29, 1.82) is 0 Å². The predicted molar refractivity (Wildman–Crippen MR) is 64.2 cm³/mol. The minimum absolute atomic E-state index is 0.635. The molecule has 0 aromatic carbocycles. The molecule has 1 saturated heterocycles. The highest BCUT2D eigenvalue weighted by Crippen LogP contribution is 2.06. The lowest BCUT2D eigenvalue weighted by Crippen LogP contribution is -2.42. The van der Waals surface area contributed by atoms with Crippen LogP contribution in [0.1, 0.15) is 27.2 Å². The number of nitrogens with one attached hydrogen (secondary N) is 1. The van der Waals surface area contributed by atoms with Gasteiger partial charge in [-0.3, -0.25) is 4.90 Å². The average Bonchev–Trinajstić information content (AvgIpc) is 2.29. The Balaban J connectivity index is 2.04. The summed E-state index contributed by atoms with van der Waals surface area (Å²) in [7, 11) is 0. The second kappa shape index (κ2) is 7.20. The molecule has 0 aromatic heterocycles. The van der Waals surface area contributed by atoms with E-state index in [1.807, 2.05) is 0 Å². The molecule has 1 heterocycles. The smallest absolute Gasteiger partial charge is 0.0594 e. The van der Waals surface area contributed by atoms with E-state index in [4.69, 9.17) is 4.74 Å². The van der Waals surface area contributed by atoms with Crippen molar-refractivity contribution < 1.29 is 4.74 Å². The lowest BCUT2D eigenvalue weighted by molar-refractivity contribution is 0.0380. The van der Waals surface area contributed by atoms with Crippen LogP contribution in [0.2, 0.25) is 0 Å².